The highest BCUT2D eigenvalue weighted by Crippen LogP contribution is 2.17. The summed E-state index contributed by atoms with van der Waals surface area (Å²) in [7, 11) is 0. The summed E-state index contributed by atoms with van der Waals surface area (Å²) >= 11 is 0. The number of hydrogen-bond acceptors (Lipinski definition) is 5. The van der Waals surface area contributed by atoms with Crippen LogP contribution in [0.2, 0.25) is 0 Å². The summed E-state index contributed by atoms with van der Waals surface area (Å²) in [6.07, 6.45) is 0.0717. The zero-order valence-electron chi connectivity index (χ0n) is 12.8. The highest BCUT2D eigenvalue weighted by molar-refractivity contribution is 5.95. The molecule has 6 nitrogen and oxygen atoms in total. The van der Waals surface area contributed by atoms with E-state index in [-0.39, 0.29) is 5.91 Å². The summed E-state index contributed by atoms with van der Waals surface area (Å²) in [5.41, 5.74) is 0.619. The predicted molar refractivity (Wildman–Crippen MR) is 80.8 cm³/mol. The van der Waals surface area contributed by atoms with Gasteiger partial charge in [0.2, 0.25) is 0 Å². The average molecular weight is 307 g/mol. The fourth-order valence-electron chi connectivity index (χ4n) is 2.11. The maximum absolute atomic E-state index is 12.0. The van der Waals surface area contributed by atoms with E-state index in [9.17, 15) is 9.59 Å². The van der Waals surface area contributed by atoms with Crippen LogP contribution in [0.25, 0.3) is 0 Å². The highest BCUT2D eigenvalue weighted by Gasteiger charge is 2.28. The van der Waals surface area contributed by atoms with E-state index in [0.29, 0.717) is 25.3 Å². The van der Waals surface area contributed by atoms with Crippen molar-refractivity contribution in [2.24, 2.45) is 0 Å². The number of hydrogen-bond donors (Lipinski definition) is 1. The third kappa shape index (κ3) is 4.46. The molecule has 120 valence electrons. The Hall–Kier alpha value is -2.08. The second-order valence-electron chi connectivity index (χ2n) is 5.03. The molecule has 0 aromatic heterocycles. The number of benzene rings is 1. The van der Waals surface area contributed by atoms with Crippen molar-refractivity contribution in [1.29, 1.82) is 0 Å². The zero-order chi connectivity index (χ0) is 15.9. The lowest BCUT2D eigenvalue weighted by Crippen LogP contribution is -2.33. The van der Waals surface area contributed by atoms with Gasteiger partial charge in [-0.3, -0.25) is 4.79 Å². The van der Waals surface area contributed by atoms with E-state index in [1.54, 1.807) is 24.3 Å². The SMILES string of the molecule is CCOc1ccc(NC(=O)[C@@H](C)OC(=O)[C@@H]2CCCO2)cc1. The lowest BCUT2D eigenvalue weighted by atomic mass is 10.2. The van der Waals surface area contributed by atoms with Crippen LogP contribution in [0, 0.1) is 0 Å². The first kappa shape index (κ1) is 16.3. The van der Waals surface area contributed by atoms with Crippen molar-refractivity contribution in [2.75, 3.05) is 18.5 Å². The molecule has 0 radical (unpaired) electrons. The molecular weight excluding hydrogens is 286 g/mol. The first-order valence-electron chi connectivity index (χ1n) is 7.46. The van der Waals surface area contributed by atoms with Gasteiger partial charge in [0, 0.05) is 12.3 Å². The number of ether oxygens (including phenoxy) is 3. The van der Waals surface area contributed by atoms with E-state index in [1.165, 1.54) is 6.92 Å². The molecule has 1 amide bonds. The maximum atomic E-state index is 12.0. The lowest BCUT2D eigenvalue weighted by molar-refractivity contribution is -0.162. The fourth-order valence-corrected chi connectivity index (χ4v) is 2.11. The van der Waals surface area contributed by atoms with Crippen molar-refractivity contribution in [3.05, 3.63) is 24.3 Å². The number of esters is 1. The number of nitrogens with one attached hydrogen (secondary N) is 1. The molecule has 0 unspecified atom stereocenters. The minimum Gasteiger partial charge on any atom is -0.494 e. The van der Waals surface area contributed by atoms with Gasteiger partial charge in [-0.25, -0.2) is 4.79 Å². The molecule has 1 fully saturated rings. The van der Waals surface area contributed by atoms with Gasteiger partial charge in [-0.15, -0.1) is 0 Å². The number of carbonyl (C=O) groups is 2. The number of carbonyl (C=O) groups excluding carboxylic acids is 2. The number of anilines is 1. The summed E-state index contributed by atoms with van der Waals surface area (Å²) in [5, 5.41) is 2.69. The first-order chi connectivity index (χ1) is 10.6. The van der Waals surface area contributed by atoms with Gasteiger partial charge in [0.1, 0.15) is 5.75 Å². The quantitative estimate of drug-likeness (QED) is 0.815. The first-order valence-corrected chi connectivity index (χ1v) is 7.46. The summed E-state index contributed by atoms with van der Waals surface area (Å²) < 4.78 is 15.7. The van der Waals surface area contributed by atoms with Crippen molar-refractivity contribution < 1.29 is 23.8 Å². The summed E-state index contributed by atoms with van der Waals surface area (Å²) in [4.78, 5) is 23.8. The number of rotatable bonds is 6. The van der Waals surface area contributed by atoms with Gasteiger partial charge >= 0.3 is 5.97 Å². The van der Waals surface area contributed by atoms with Gasteiger partial charge in [-0.2, -0.15) is 0 Å². The Morgan fingerprint density at radius 2 is 2.09 bits per heavy atom. The van der Waals surface area contributed by atoms with E-state index in [4.69, 9.17) is 14.2 Å². The van der Waals surface area contributed by atoms with Gasteiger partial charge in [0.15, 0.2) is 12.2 Å². The molecular formula is C16H21NO5. The fraction of sp³-hybridized carbons (Fsp3) is 0.500. The van der Waals surface area contributed by atoms with Crippen LogP contribution in [0.3, 0.4) is 0 Å². The monoisotopic (exact) mass is 307 g/mol. The van der Waals surface area contributed by atoms with Crippen LogP contribution in [0.4, 0.5) is 5.69 Å². The van der Waals surface area contributed by atoms with Gasteiger partial charge in [0.05, 0.1) is 6.61 Å². The molecule has 2 atom stereocenters. The Morgan fingerprint density at radius 1 is 1.36 bits per heavy atom. The van der Waals surface area contributed by atoms with Crippen LogP contribution in [0.5, 0.6) is 5.75 Å². The smallest absolute Gasteiger partial charge is 0.336 e. The predicted octanol–water partition coefficient (Wildman–Crippen LogP) is 2.13. The van der Waals surface area contributed by atoms with E-state index in [0.717, 1.165) is 12.2 Å². The van der Waals surface area contributed by atoms with Crippen LogP contribution < -0.4 is 10.1 Å². The molecule has 0 aliphatic carbocycles. The molecule has 2 rings (SSSR count). The molecule has 6 heteroatoms. The summed E-state index contributed by atoms with van der Waals surface area (Å²) in [6, 6.07) is 7.00. The van der Waals surface area contributed by atoms with Gasteiger partial charge in [-0.1, -0.05) is 0 Å². The molecule has 0 saturated carbocycles. The maximum Gasteiger partial charge on any atom is 0.336 e. The number of amides is 1. The Balaban J connectivity index is 1.83. The molecule has 0 spiro atoms. The molecule has 1 aromatic carbocycles. The van der Waals surface area contributed by atoms with Gasteiger partial charge < -0.3 is 19.5 Å². The highest BCUT2D eigenvalue weighted by atomic mass is 16.6. The van der Waals surface area contributed by atoms with E-state index in [2.05, 4.69) is 5.32 Å². The Morgan fingerprint density at radius 3 is 2.68 bits per heavy atom. The van der Waals surface area contributed by atoms with Crippen molar-refractivity contribution in [3.63, 3.8) is 0 Å². The van der Waals surface area contributed by atoms with Gasteiger partial charge in [0.25, 0.3) is 5.91 Å². The molecule has 1 saturated heterocycles. The Kier molecular flexibility index (Phi) is 5.77. The average Bonchev–Trinajstić information content (AvgIpc) is 3.04. The molecule has 22 heavy (non-hydrogen) atoms. The summed E-state index contributed by atoms with van der Waals surface area (Å²) in [6.45, 7) is 4.59. The molecule has 1 aliphatic heterocycles. The van der Waals surface area contributed by atoms with E-state index >= 15 is 0 Å². The van der Waals surface area contributed by atoms with Gasteiger partial charge in [-0.05, 0) is 51.0 Å². The van der Waals surface area contributed by atoms with Crippen molar-refractivity contribution in [2.45, 2.75) is 38.9 Å². The van der Waals surface area contributed by atoms with Crippen molar-refractivity contribution in [1.82, 2.24) is 0 Å². The third-order valence-electron chi connectivity index (χ3n) is 3.29. The largest absolute Gasteiger partial charge is 0.494 e. The molecule has 1 aliphatic rings. The van der Waals surface area contributed by atoms with Crippen LogP contribution in [-0.2, 0) is 19.1 Å². The van der Waals surface area contributed by atoms with Crippen LogP contribution in [0.1, 0.15) is 26.7 Å². The standard InChI is InChI=1S/C16H21NO5/c1-3-20-13-8-6-12(7-9-13)17-15(18)11(2)22-16(19)14-5-4-10-21-14/h6-9,11,14H,3-5,10H2,1-2H3,(H,17,18)/t11-,14+/m1/s1. The Bertz CT molecular complexity index is 508. The lowest BCUT2D eigenvalue weighted by Gasteiger charge is -2.16. The van der Waals surface area contributed by atoms with E-state index < -0.39 is 18.2 Å². The topological polar surface area (TPSA) is 73.9 Å². The van der Waals surface area contributed by atoms with Crippen LogP contribution in [0.15, 0.2) is 24.3 Å². The van der Waals surface area contributed by atoms with E-state index in [1.807, 2.05) is 6.92 Å². The van der Waals surface area contributed by atoms with Crippen LogP contribution in [-0.4, -0.2) is 37.3 Å². The second kappa shape index (κ2) is 7.79. The Labute approximate surface area is 129 Å². The molecule has 0 bridgehead atoms. The minimum atomic E-state index is -0.872. The minimum absolute atomic E-state index is 0.379. The normalized spacial score (nSPS) is 18.5. The van der Waals surface area contributed by atoms with Crippen molar-refractivity contribution in [3.8, 4) is 5.75 Å². The third-order valence-corrected chi connectivity index (χ3v) is 3.29. The zero-order valence-corrected chi connectivity index (χ0v) is 12.8. The molecule has 1 aromatic rings. The van der Waals surface area contributed by atoms with Crippen LogP contribution >= 0.6 is 0 Å². The molecule has 1 heterocycles. The second-order valence-corrected chi connectivity index (χ2v) is 5.03. The summed E-state index contributed by atoms with van der Waals surface area (Å²) in [5.74, 6) is -0.124. The van der Waals surface area contributed by atoms with Crippen molar-refractivity contribution >= 4 is 17.6 Å². The molecule has 1 N–H and O–H groups in total.